The van der Waals surface area contributed by atoms with Gasteiger partial charge in [-0.25, -0.2) is 17.9 Å². The number of benzene rings is 1. The van der Waals surface area contributed by atoms with Crippen molar-refractivity contribution in [3.8, 4) is 5.69 Å². The molecule has 0 atom stereocenters. The predicted octanol–water partition coefficient (Wildman–Crippen LogP) is 1.88. The van der Waals surface area contributed by atoms with Gasteiger partial charge in [-0.15, -0.1) is 0 Å². The Bertz CT molecular complexity index is 799. The SMILES string of the molecule is Cc1nn(-c2ccccc2S(=O)(=O)C(F)F)cc1C(=O)O. The highest BCUT2D eigenvalue weighted by atomic mass is 32.2. The van der Waals surface area contributed by atoms with Crippen molar-refractivity contribution in [3.63, 3.8) is 0 Å². The van der Waals surface area contributed by atoms with Crippen molar-refractivity contribution in [2.75, 3.05) is 0 Å². The van der Waals surface area contributed by atoms with Crippen molar-refractivity contribution < 1.29 is 27.1 Å². The van der Waals surface area contributed by atoms with E-state index in [1.807, 2.05) is 0 Å². The van der Waals surface area contributed by atoms with Gasteiger partial charge < -0.3 is 5.11 Å². The average molecular weight is 316 g/mol. The number of aromatic carboxylic acids is 1. The first kappa shape index (κ1) is 15.1. The molecule has 0 spiro atoms. The van der Waals surface area contributed by atoms with Crippen LogP contribution in [0.1, 0.15) is 16.1 Å². The van der Waals surface area contributed by atoms with Crippen LogP contribution in [-0.2, 0) is 9.84 Å². The van der Waals surface area contributed by atoms with E-state index in [1.165, 1.54) is 25.1 Å². The Hall–Kier alpha value is -2.29. The quantitative estimate of drug-likeness (QED) is 0.930. The Kier molecular flexibility index (Phi) is 3.77. The lowest BCUT2D eigenvalue weighted by Crippen LogP contribution is -2.14. The molecule has 1 aromatic carbocycles. The van der Waals surface area contributed by atoms with E-state index in [-0.39, 0.29) is 16.9 Å². The summed E-state index contributed by atoms with van der Waals surface area (Å²) in [5.74, 6) is -4.82. The van der Waals surface area contributed by atoms with E-state index in [9.17, 15) is 22.0 Å². The van der Waals surface area contributed by atoms with Gasteiger partial charge in [-0.2, -0.15) is 13.9 Å². The molecular formula is C12H10F2N2O4S. The number of aryl methyl sites for hydroxylation is 1. The molecule has 0 radical (unpaired) electrons. The molecule has 0 saturated heterocycles. The molecule has 0 unspecified atom stereocenters. The van der Waals surface area contributed by atoms with Gasteiger partial charge in [0.15, 0.2) is 0 Å². The van der Waals surface area contributed by atoms with E-state index in [0.717, 1.165) is 16.9 Å². The number of carboxylic acid groups (broad SMARTS) is 1. The fraction of sp³-hybridized carbons (Fsp3) is 0.167. The van der Waals surface area contributed by atoms with Gasteiger partial charge in [0.1, 0.15) is 5.56 Å². The molecule has 1 heterocycles. The minimum Gasteiger partial charge on any atom is -0.478 e. The van der Waals surface area contributed by atoms with E-state index < -0.39 is 26.5 Å². The van der Waals surface area contributed by atoms with E-state index >= 15 is 0 Å². The van der Waals surface area contributed by atoms with Gasteiger partial charge in [0.2, 0.25) is 9.84 Å². The standard InChI is InChI=1S/C12H10F2N2O4S/c1-7-8(11(17)18)6-16(15-7)9-4-2-3-5-10(9)21(19,20)12(13)14/h2-6,12H,1H3,(H,17,18). The predicted molar refractivity (Wildman–Crippen MR) is 68.5 cm³/mol. The molecule has 2 rings (SSSR count). The van der Waals surface area contributed by atoms with Crippen molar-refractivity contribution in [2.24, 2.45) is 0 Å². The molecule has 1 aromatic heterocycles. The number of carbonyl (C=O) groups is 1. The third-order valence-corrected chi connectivity index (χ3v) is 4.21. The fourth-order valence-corrected chi connectivity index (χ4v) is 2.69. The number of sulfone groups is 1. The van der Waals surface area contributed by atoms with Gasteiger partial charge >= 0.3 is 11.7 Å². The largest absolute Gasteiger partial charge is 0.478 e. The number of hydrogen-bond donors (Lipinski definition) is 1. The molecule has 0 amide bonds. The van der Waals surface area contributed by atoms with Crippen LogP contribution >= 0.6 is 0 Å². The van der Waals surface area contributed by atoms with Gasteiger partial charge in [0, 0.05) is 6.20 Å². The van der Waals surface area contributed by atoms with Crippen LogP contribution in [-0.4, -0.2) is 35.0 Å². The first-order chi connectivity index (χ1) is 9.75. The maximum atomic E-state index is 12.7. The first-order valence-electron chi connectivity index (χ1n) is 5.66. The Balaban J connectivity index is 2.67. The van der Waals surface area contributed by atoms with Crippen LogP contribution in [0, 0.1) is 6.92 Å². The number of hydrogen-bond acceptors (Lipinski definition) is 4. The zero-order valence-electron chi connectivity index (χ0n) is 10.7. The van der Waals surface area contributed by atoms with E-state index in [1.54, 1.807) is 0 Å². The smallest absolute Gasteiger partial charge is 0.341 e. The fourth-order valence-electron chi connectivity index (χ4n) is 1.78. The van der Waals surface area contributed by atoms with Crippen LogP contribution in [0.25, 0.3) is 5.69 Å². The van der Waals surface area contributed by atoms with E-state index in [4.69, 9.17) is 5.11 Å². The second-order valence-corrected chi connectivity index (χ2v) is 6.04. The topological polar surface area (TPSA) is 89.3 Å². The average Bonchev–Trinajstić information content (AvgIpc) is 2.80. The monoisotopic (exact) mass is 316 g/mol. The number of nitrogens with zero attached hydrogens (tertiary/aromatic N) is 2. The molecule has 0 aliphatic carbocycles. The summed E-state index contributed by atoms with van der Waals surface area (Å²) in [6.45, 7) is 1.42. The van der Waals surface area contributed by atoms with Gasteiger partial charge in [0.25, 0.3) is 0 Å². The van der Waals surface area contributed by atoms with E-state index in [2.05, 4.69) is 5.10 Å². The number of alkyl halides is 2. The lowest BCUT2D eigenvalue weighted by Gasteiger charge is -2.09. The van der Waals surface area contributed by atoms with Crippen molar-refractivity contribution in [1.82, 2.24) is 9.78 Å². The van der Waals surface area contributed by atoms with Crippen LogP contribution < -0.4 is 0 Å². The normalized spacial score (nSPS) is 11.8. The Morgan fingerprint density at radius 2 is 1.95 bits per heavy atom. The zero-order chi connectivity index (χ0) is 15.8. The molecule has 0 fully saturated rings. The second kappa shape index (κ2) is 5.24. The summed E-state index contributed by atoms with van der Waals surface area (Å²) in [5.41, 5.74) is -0.126. The lowest BCUT2D eigenvalue weighted by molar-refractivity contribution is 0.0696. The number of para-hydroxylation sites is 1. The van der Waals surface area contributed by atoms with Crippen LogP contribution in [0.15, 0.2) is 35.4 Å². The molecular weight excluding hydrogens is 306 g/mol. The van der Waals surface area contributed by atoms with Crippen molar-refractivity contribution >= 4 is 15.8 Å². The van der Waals surface area contributed by atoms with Crippen LogP contribution in [0.2, 0.25) is 0 Å². The Morgan fingerprint density at radius 1 is 1.33 bits per heavy atom. The summed E-state index contributed by atoms with van der Waals surface area (Å²) in [6.07, 6.45) is 1.08. The van der Waals surface area contributed by atoms with Crippen LogP contribution in [0.5, 0.6) is 0 Å². The molecule has 1 N–H and O–H groups in total. The maximum Gasteiger partial charge on any atom is 0.341 e. The summed E-state index contributed by atoms with van der Waals surface area (Å²) in [7, 11) is -4.82. The highest BCUT2D eigenvalue weighted by molar-refractivity contribution is 7.91. The van der Waals surface area contributed by atoms with Gasteiger partial charge in [-0.1, -0.05) is 12.1 Å². The summed E-state index contributed by atoms with van der Waals surface area (Å²) in [5, 5.41) is 12.8. The molecule has 0 saturated carbocycles. The molecule has 0 aliphatic rings. The molecule has 9 heteroatoms. The molecule has 6 nitrogen and oxygen atoms in total. The third kappa shape index (κ3) is 2.64. The van der Waals surface area contributed by atoms with Crippen molar-refractivity contribution in [3.05, 3.63) is 41.7 Å². The third-order valence-electron chi connectivity index (χ3n) is 2.78. The number of aromatic nitrogens is 2. The minimum atomic E-state index is -4.82. The molecule has 0 bridgehead atoms. The summed E-state index contributed by atoms with van der Waals surface area (Å²) >= 11 is 0. The van der Waals surface area contributed by atoms with E-state index in [0.29, 0.717) is 0 Å². The molecule has 21 heavy (non-hydrogen) atoms. The Morgan fingerprint density at radius 3 is 2.48 bits per heavy atom. The van der Waals surface area contributed by atoms with Gasteiger partial charge in [-0.3, -0.25) is 0 Å². The number of halogens is 2. The summed E-state index contributed by atoms with van der Waals surface area (Å²) in [6, 6.07) is 5.03. The number of rotatable bonds is 4. The molecule has 112 valence electrons. The minimum absolute atomic E-state index is 0.131. The molecule has 0 aliphatic heterocycles. The summed E-state index contributed by atoms with van der Waals surface area (Å²) in [4.78, 5) is 10.4. The second-order valence-electron chi connectivity index (χ2n) is 4.15. The zero-order valence-corrected chi connectivity index (χ0v) is 11.5. The highest BCUT2D eigenvalue weighted by Gasteiger charge is 2.30. The van der Waals surface area contributed by atoms with Crippen molar-refractivity contribution in [1.29, 1.82) is 0 Å². The highest BCUT2D eigenvalue weighted by Crippen LogP contribution is 2.25. The van der Waals surface area contributed by atoms with Gasteiger partial charge in [0.05, 0.1) is 16.3 Å². The number of carboxylic acids is 1. The van der Waals surface area contributed by atoms with Gasteiger partial charge in [-0.05, 0) is 19.1 Å². The Labute approximate surface area is 118 Å². The maximum absolute atomic E-state index is 12.7. The summed E-state index contributed by atoms with van der Waals surface area (Å²) < 4.78 is 49.6. The molecule has 2 aromatic rings. The first-order valence-corrected chi connectivity index (χ1v) is 7.21. The van der Waals surface area contributed by atoms with Crippen LogP contribution in [0.3, 0.4) is 0 Å². The van der Waals surface area contributed by atoms with Crippen molar-refractivity contribution in [2.45, 2.75) is 17.6 Å². The lowest BCUT2D eigenvalue weighted by atomic mass is 10.3. The van der Waals surface area contributed by atoms with Crippen LogP contribution in [0.4, 0.5) is 8.78 Å².